The molecule has 2 aromatic heterocycles. The Kier molecular flexibility index (Phi) is 6.59. The van der Waals surface area contributed by atoms with Crippen LogP contribution in [0.2, 0.25) is 0 Å². The quantitative estimate of drug-likeness (QED) is 0.375. The van der Waals surface area contributed by atoms with Gasteiger partial charge in [-0.15, -0.1) is 11.3 Å². The number of amides is 2. The van der Waals surface area contributed by atoms with Crippen molar-refractivity contribution in [2.24, 2.45) is 0 Å². The number of benzene rings is 2. The number of thiazole rings is 1. The van der Waals surface area contributed by atoms with Crippen molar-refractivity contribution in [1.29, 1.82) is 0 Å². The van der Waals surface area contributed by atoms with E-state index in [4.69, 9.17) is 0 Å². The Labute approximate surface area is 226 Å². The van der Waals surface area contributed by atoms with Crippen LogP contribution in [0.15, 0.2) is 60.2 Å². The summed E-state index contributed by atoms with van der Waals surface area (Å²) in [6.07, 6.45) is -1.13. The highest BCUT2D eigenvalue weighted by Gasteiger charge is 2.37. The molecular weight excluding hydrogens is 529 g/mol. The van der Waals surface area contributed by atoms with Crippen molar-refractivity contribution in [2.75, 3.05) is 39.3 Å². The van der Waals surface area contributed by atoms with Crippen LogP contribution in [0.1, 0.15) is 31.3 Å². The number of carbonyl (C=O) groups is 2. The van der Waals surface area contributed by atoms with E-state index in [1.165, 1.54) is 17.4 Å². The van der Waals surface area contributed by atoms with Crippen LogP contribution in [0.5, 0.6) is 0 Å². The number of alkyl halides is 3. The first-order chi connectivity index (χ1) is 18.8. The summed E-state index contributed by atoms with van der Waals surface area (Å²) in [7, 11) is 0. The maximum Gasteiger partial charge on any atom is 0.416 e. The van der Waals surface area contributed by atoms with Crippen LogP contribution in [-0.4, -0.2) is 86.6 Å². The molecular formula is C27H25F3N6O2S. The van der Waals surface area contributed by atoms with E-state index in [2.05, 4.69) is 15.0 Å². The number of rotatable bonds is 5. The molecule has 2 saturated heterocycles. The summed E-state index contributed by atoms with van der Waals surface area (Å²) >= 11 is 1.35. The predicted molar refractivity (Wildman–Crippen MR) is 140 cm³/mol. The first kappa shape index (κ1) is 25.5. The smallest absolute Gasteiger partial charge is 0.335 e. The summed E-state index contributed by atoms with van der Waals surface area (Å²) in [5.41, 5.74) is 1.10. The minimum atomic E-state index is -4.40. The molecule has 2 amide bonds. The minimum absolute atomic E-state index is 0.0244. The monoisotopic (exact) mass is 554 g/mol. The average Bonchev–Trinajstić information content (AvgIpc) is 3.58. The van der Waals surface area contributed by atoms with Gasteiger partial charge in [0.25, 0.3) is 11.8 Å². The van der Waals surface area contributed by atoms with Crippen molar-refractivity contribution < 1.29 is 22.8 Å². The zero-order valence-corrected chi connectivity index (χ0v) is 21.7. The van der Waals surface area contributed by atoms with Gasteiger partial charge in [0.2, 0.25) is 0 Å². The Morgan fingerprint density at radius 1 is 0.974 bits per heavy atom. The lowest BCUT2D eigenvalue weighted by molar-refractivity contribution is -0.137. The molecule has 0 N–H and O–H groups in total. The molecule has 2 aliphatic rings. The van der Waals surface area contributed by atoms with Gasteiger partial charge in [0.05, 0.1) is 23.8 Å². The summed E-state index contributed by atoms with van der Waals surface area (Å²) < 4.78 is 40.8. The maximum atomic E-state index is 13.1. The Morgan fingerprint density at radius 2 is 1.77 bits per heavy atom. The molecule has 0 bridgehead atoms. The lowest BCUT2D eigenvalue weighted by Crippen LogP contribution is -2.64. The number of halogens is 3. The van der Waals surface area contributed by atoms with Gasteiger partial charge in [-0.05, 0) is 35.9 Å². The number of likely N-dealkylation sites (tertiary alicyclic amines) is 1. The van der Waals surface area contributed by atoms with Crippen LogP contribution in [0, 0.1) is 0 Å². The summed E-state index contributed by atoms with van der Waals surface area (Å²) in [6.45, 7) is 4.27. The highest BCUT2D eigenvalue weighted by Crippen LogP contribution is 2.30. The molecule has 0 unspecified atom stereocenters. The second kappa shape index (κ2) is 10.1. The van der Waals surface area contributed by atoms with Crippen molar-refractivity contribution in [3.63, 3.8) is 0 Å². The fourth-order valence-corrected chi connectivity index (χ4v) is 5.76. The third-order valence-electron chi connectivity index (χ3n) is 7.36. The molecule has 4 heterocycles. The lowest BCUT2D eigenvalue weighted by Gasteiger charge is -2.48. The molecule has 8 nitrogen and oxygen atoms in total. The van der Waals surface area contributed by atoms with E-state index >= 15 is 0 Å². The Bertz CT molecular complexity index is 1510. The number of carbonyl (C=O) groups excluding carboxylic acids is 2. The Balaban J connectivity index is 1.05. The first-order valence-corrected chi connectivity index (χ1v) is 13.5. The Morgan fingerprint density at radius 3 is 2.49 bits per heavy atom. The van der Waals surface area contributed by atoms with E-state index in [-0.39, 0.29) is 24.4 Å². The van der Waals surface area contributed by atoms with Gasteiger partial charge < -0.3 is 9.80 Å². The largest absolute Gasteiger partial charge is 0.416 e. The summed E-state index contributed by atoms with van der Waals surface area (Å²) in [5.74, 6) is -0.0834. The third kappa shape index (κ3) is 5.13. The van der Waals surface area contributed by atoms with E-state index in [1.54, 1.807) is 46.7 Å². The zero-order valence-electron chi connectivity index (χ0n) is 20.8. The van der Waals surface area contributed by atoms with Gasteiger partial charge >= 0.3 is 6.18 Å². The molecule has 0 spiro atoms. The van der Waals surface area contributed by atoms with Gasteiger partial charge in [-0.25, -0.2) is 4.98 Å². The highest BCUT2D eigenvalue weighted by molar-refractivity contribution is 7.11. The second-order valence-electron chi connectivity index (χ2n) is 9.80. The van der Waals surface area contributed by atoms with Gasteiger partial charge in [0.1, 0.15) is 0 Å². The summed E-state index contributed by atoms with van der Waals surface area (Å²) in [4.78, 5) is 35.7. The average molecular weight is 555 g/mol. The van der Waals surface area contributed by atoms with Gasteiger partial charge in [0.15, 0.2) is 5.01 Å². The maximum absolute atomic E-state index is 13.1. The van der Waals surface area contributed by atoms with Crippen molar-refractivity contribution in [1.82, 2.24) is 29.5 Å². The minimum Gasteiger partial charge on any atom is -0.335 e. The van der Waals surface area contributed by atoms with E-state index in [1.807, 2.05) is 9.80 Å². The number of piperazine rings is 1. The van der Waals surface area contributed by atoms with E-state index < -0.39 is 11.7 Å². The van der Waals surface area contributed by atoms with Gasteiger partial charge in [0, 0.05) is 67.8 Å². The first-order valence-electron chi connectivity index (χ1n) is 12.6. The third-order valence-corrected chi connectivity index (χ3v) is 8.12. The normalized spacial score (nSPS) is 17.0. The molecule has 2 aromatic carbocycles. The van der Waals surface area contributed by atoms with Crippen molar-refractivity contribution in [2.45, 2.75) is 18.8 Å². The number of aromatic nitrogens is 3. The van der Waals surface area contributed by atoms with Crippen LogP contribution in [0.4, 0.5) is 13.2 Å². The summed E-state index contributed by atoms with van der Waals surface area (Å²) in [6, 6.07) is 10.8. The molecule has 0 saturated carbocycles. The highest BCUT2D eigenvalue weighted by atomic mass is 32.1. The van der Waals surface area contributed by atoms with Crippen LogP contribution < -0.4 is 0 Å². The molecule has 12 heteroatoms. The molecule has 0 atom stereocenters. The van der Waals surface area contributed by atoms with Crippen LogP contribution in [0.25, 0.3) is 10.9 Å². The molecule has 6 rings (SSSR count). The molecule has 202 valence electrons. The van der Waals surface area contributed by atoms with E-state index in [0.29, 0.717) is 42.3 Å². The number of hydrogen-bond acceptors (Lipinski definition) is 6. The number of nitrogens with zero attached hydrogens (tertiary/aromatic N) is 6. The topological polar surface area (TPSA) is 74.6 Å². The number of hydrogen-bond donors (Lipinski definition) is 0. The molecule has 2 fully saturated rings. The SMILES string of the molecule is O=C(c1ccc2c(cnn2Cc2cccc(C(F)(F)F)c2)c1)N1CC(N2CCN(C(=O)c3nccs3)CC2)C1. The lowest BCUT2D eigenvalue weighted by atomic mass is 10.0. The van der Waals surface area contributed by atoms with Crippen molar-refractivity contribution >= 4 is 34.1 Å². The fraction of sp³-hybridized carbons (Fsp3) is 0.333. The zero-order chi connectivity index (χ0) is 27.1. The number of fused-ring (bicyclic) bond motifs is 1. The second-order valence-corrected chi connectivity index (χ2v) is 10.7. The Hall–Kier alpha value is -3.77. The molecule has 39 heavy (non-hydrogen) atoms. The molecule has 0 radical (unpaired) electrons. The standard InChI is InChI=1S/C27H25F3N6O2S/c28-27(29,30)21-3-1-2-18(12-21)15-36-23-5-4-19(13-20(23)14-32-36)25(37)35-16-22(17-35)33-7-9-34(10-8-33)26(38)24-31-6-11-39-24/h1-6,11-14,22H,7-10,15-17H2. The van der Waals surface area contributed by atoms with Crippen molar-refractivity contribution in [3.05, 3.63) is 81.9 Å². The van der Waals surface area contributed by atoms with Gasteiger partial charge in [-0.2, -0.15) is 18.3 Å². The van der Waals surface area contributed by atoms with Gasteiger partial charge in [-0.3, -0.25) is 19.2 Å². The molecule has 0 aliphatic carbocycles. The predicted octanol–water partition coefficient (Wildman–Crippen LogP) is 3.84. The van der Waals surface area contributed by atoms with Crippen LogP contribution in [-0.2, 0) is 12.7 Å². The van der Waals surface area contributed by atoms with E-state index in [9.17, 15) is 22.8 Å². The molecule has 2 aliphatic heterocycles. The van der Waals surface area contributed by atoms with Crippen LogP contribution in [0.3, 0.4) is 0 Å². The van der Waals surface area contributed by atoms with Crippen molar-refractivity contribution in [3.8, 4) is 0 Å². The fourth-order valence-electron chi connectivity index (χ4n) is 5.15. The van der Waals surface area contributed by atoms with Gasteiger partial charge in [-0.1, -0.05) is 12.1 Å². The van der Waals surface area contributed by atoms with Crippen LogP contribution >= 0.6 is 11.3 Å². The summed E-state index contributed by atoms with van der Waals surface area (Å²) in [5, 5.41) is 7.41. The molecule has 4 aromatic rings. The van der Waals surface area contributed by atoms with E-state index in [0.717, 1.165) is 36.1 Å².